The third-order valence-electron chi connectivity index (χ3n) is 4.30. The lowest BCUT2D eigenvalue weighted by Crippen LogP contribution is -2.31. The number of nitrogens with one attached hydrogen (secondary N) is 1. The van der Waals surface area contributed by atoms with E-state index in [-0.39, 0.29) is 22.8 Å². The van der Waals surface area contributed by atoms with Crippen molar-refractivity contribution < 1.29 is 23.1 Å². The second kappa shape index (κ2) is 8.30. The van der Waals surface area contributed by atoms with Crippen LogP contribution in [0.1, 0.15) is 17.2 Å². The lowest BCUT2D eigenvalue weighted by atomic mass is 9.80. The van der Waals surface area contributed by atoms with Crippen molar-refractivity contribution in [3.8, 4) is 6.07 Å². The number of furan rings is 1. The van der Waals surface area contributed by atoms with Gasteiger partial charge in [-0.25, -0.2) is 9.18 Å². The fraction of sp³-hybridized carbons (Fsp3) is 0.200. The molecule has 1 N–H and O–H groups in total. The Morgan fingerprint density at radius 3 is 2.75 bits per heavy atom. The second-order valence-corrected chi connectivity index (χ2v) is 6.33. The Labute approximate surface area is 165 Å². The average molecular weight is 403 g/mol. The Kier molecular flexibility index (Phi) is 5.83. The van der Waals surface area contributed by atoms with Crippen LogP contribution in [0.25, 0.3) is 5.70 Å². The van der Waals surface area contributed by atoms with Gasteiger partial charge >= 0.3 is 5.97 Å². The molecular formula is C20H16ClFN2O4. The molecule has 6 nitrogen and oxygen atoms in total. The van der Waals surface area contributed by atoms with Crippen molar-refractivity contribution in [2.45, 2.75) is 5.92 Å². The quantitative estimate of drug-likeness (QED) is 0.766. The molecule has 0 saturated carbocycles. The highest BCUT2D eigenvalue weighted by atomic mass is 35.5. The SMILES string of the molecule is COCC1=C(C(=O)OC)C(c2ccc(F)cc2Cl)C(C#N)=C(c2ccco2)N1. The zero-order chi connectivity index (χ0) is 20.3. The van der Waals surface area contributed by atoms with Gasteiger partial charge in [0.2, 0.25) is 0 Å². The van der Waals surface area contributed by atoms with Crippen molar-refractivity contribution in [1.29, 1.82) is 5.26 Å². The summed E-state index contributed by atoms with van der Waals surface area (Å²) in [6.45, 7) is 0.0443. The third kappa shape index (κ3) is 3.52. The summed E-state index contributed by atoms with van der Waals surface area (Å²) in [6, 6.07) is 9.27. The first-order valence-corrected chi connectivity index (χ1v) is 8.60. The highest BCUT2D eigenvalue weighted by Gasteiger charge is 2.38. The molecule has 1 unspecified atom stereocenters. The van der Waals surface area contributed by atoms with Crippen molar-refractivity contribution in [2.24, 2.45) is 0 Å². The average Bonchev–Trinajstić information content (AvgIpc) is 3.21. The van der Waals surface area contributed by atoms with Gasteiger partial charge in [0, 0.05) is 12.1 Å². The number of rotatable bonds is 5. The van der Waals surface area contributed by atoms with E-state index >= 15 is 0 Å². The van der Waals surface area contributed by atoms with E-state index < -0.39 is 17.7 Å². The minimum Gasteiger partial charge on any atom is -0.466 e. The maximum absolute atomic E-state index is 13.6. The number of allylic oxidation sites excluding steroid dienone is 1. The molecule has 1 aliphatic rings. The first-order valence-electron chi connectivity index (χ1n) is 8.22. The first-order chi connectivity index (χ1) is 13.5. The minimum atomic E-state index is -0.892. The van der Waals surface area contributed by atoms with Crippen LogP contribution in [0.3, 0.4) is 0 Å². The molecule has 8 heteroatoms. The van der Waals surface area contributed by atoms with Crippen molar-refractivity contribution >= 4 is 23.3 Å². The van der Waals surface area contributed by atoms with Gasteiger partial charge in [-0.15, -0.1) is 0 Å². The number of nitrogens with zero attached hydrogens (tertiary/aromatic N) is 1. The number of methoxy groups -OCH3 is 2. The summed E-state index contributed by atoms with van der Waals surface area (Å²) in [6.07, 6.45) is 1.47. The van der Waals surface area contributed by atoms with E-state index in [9.17, 15) is 14.4 Å². The molecule has 144 valence electrons. The summed E-state index contributed by atoms with van der Waals surface area (Å²) in [5.74, 6) is -1.68. The number of halogens is 2. The van der Waals surface area contributed by atoms with Crippen molar-refractivity contribution in [3.63, 3.8) is 0 Å². The molecule has 28 heavy (non-hydrogen) atoms. The monoisotopic (exact) mass is 402 g/mol. The molecule has 0 bridgehead atoms. The molecule has 0 amide bonds. The Morgan fingerprint density at radius 2 is 2.18 bits per heavy atom. The van der Waals surface area contributed by atoms with E-state index in [0.29, 0.717) is 22.7 Å². The highest BCUT2D eigenvalue weighted by molar-refractivity contribution is 6.31. The van der Waals surface area contributed by atoms with Gasteiger partial charge in [-0.1, -0.05) is 17.7 Å². The molecule has 0 saturated heterocycles. The van der Waals surface area contributed by atoms with E-state index in [4.69, 9.17) is 25.5 Å². The van der Waals surface area contributed by atoms with Gasteiger partial charge in [-0.05, 0) is 29.8 Å². The predicted molar refractivity (Wildman–Crippen MR) is 99.4 cm³/mol. The fourth-order valence-electron chi connectivity index (χ4n) is 3.14. The number of esters is 1. The van der Waals surface area contributed by atoms with Crippen LogP contribution in [0.4, 0.5) is 4.39 Å². The summed E-state index contributed by atoms with van der Waals surface area (Å²) < 4.78 is 29.2. The summed E-state index contributed by atoms with van der Waals surface area (Å²) in [5.41, 5.74) is 1.50. The molecule has 0 fully saturated rings. The van der Waals surface area contributed by atoms with Crippen LogP contribution < -0.4 is 5.32 Å². The van der Waals surface area contributed by atoms with Gasteiger partial charge < -0.3 is 19.2 Å². The Morgan fingerprint density at radius 1 is 1.39 bits per heavy atom. The highest BCUT2D eigenvalue weighted by Crippen LogP contribution is 2.43. The second-order valence-electron chi connectivity index (χ2n) is 5.92. The van der Waals surface area contributed by atoms with Crippen LogP contribution >= 0.6 is 11.6 Å². The number of hydrogen-bond donors (Lipinski definition) is 1. The lowest BCUT2D eigenvalue weighted by Gasteiger charge is -2.30. The topological polar surface area (TPSA) is 84.5 Å². The number of benzene rings is 1. The van der Waals surface area contributed by atoms with Crippen molar-refractivity contribution in [3.05, 3.63) is 75.6 Å². The van der Waals surface area contributed by atoms with Crippen LogP contribution in [-0.2, 0) is 14.3 Å². The van der Waals surface area contributed by atoms with Crippen LogP contribution in [0.15, 0.2) is 57.9 Å². The van der Waals surface area contributed by atoms with Gasteiger partial charge in [0.25, 0.3) is 0 Å². The Bertz CT molecular complexity index is 1010. The molecule has 1 aromatic carbocycles. The molecule has 3 rings (SSSR count). The summed E-state index contributed by atoms with van der Waals surface area (Å²) in [7, 11) is 2.71. The molecule has 0 spiro atoms. The van der Waals surface area contributed by atoms with Crippen molar-refractivity contribution in [2.75, 3.05) is 20.8 Å². The zero-order valence-electron chi connectivity index (χ0n) is 15.1. The molecule has 1 atom stereocenters. The minimum absolute atomic E-state index is 0.0443. The van der Waals surface area contributed by atoms with Gasteiger partial charge in [-0.2, -0.15) is 5.26 Å². The Hall–Kier alpha value is -3.08. The molecule has 0 aliphatic carbocycles. The first kappa shape index (κ1) is 19.7. The van der Waals surface area contributed by atoms with Crippen LogP contribution in [0, 0.1) is 17.1 Å². The smallest absolute Gasteiger partial charge is 0.336 e. The van der Waals surface area contributed by atoms with Crippen LogP contribution in [0.2, 0.25) is 5.02 Å². The van der Waals surface area contributed by atoms with Gasteiger partial charge in [0.15, 0.2) is 5.76 Å². The maximum Gasteiger partial charge on any atom is 0.336 e. The molecule has 2 heterocycles. The normalized spacial score (nSPS) is 16.6. The van der Waals surface area contributed by atoms with E-state index in [1.54, 1.807) is 12.1 Å². The molecule has 1 aliphatic heterocycles. The number of dihydropyridines is 1. The number of hydrogen-bond acceptors (Lipinski definition) is 6. The van der Waals surface area contributed by atoms with E-state index in [0.717, 1.165) is 6.07 Å². The van der Waals surface area contributed by atoms with E-state index in [2.05, 4.69) is 11.4 Å². The van der Waals surface area contributed by atoms with Crippen LogP contribution in [-0.4, -0.2) is 26.8 Å². The van der Waals surface area contributed by atoms with E-state index in [1.165, 1.54) is 32.6 Å². The predicted octanol–water partition coefficient (Wildman–Crippen LogP) is 3.77. The number of carbonyl (C=O) groups excluding carboxylic acids is 1. The number of carbonyl (C=O) groups is 1. The van der Waals surface area contributed by atoms with Crippen LogP contribution in [0.5, 0.6) is 0 Å². The summed E-state index contributed by atoms with van der Waals surface area (Å²) in [4.78, 5) is 12.6. The van der Waals surface area contributed by atoms with Gasteiger partial charge in [0.05, 0.1) is 54.5 Å². The van der Waals surface area contributed by atoms with Gasteiger partial charge in [-0.3, -0.25) is 0 Å². The number of ether oxygens (including phenoxy) is 2. The standard InChI is InChI=1S/C20H16ClFN2O4/c1-26-10-15-18(20(25)27-2)17(12-6-5-11(22)8-14(12)21)13(9-23)19(24-15)16-4-3-7-28-16/h3-8,17,24H,10H2,1-2H3. The lowest BCUT2D eigenvalue weighted by molar-refractivity contribution is -0.136. The molecule has 0 radical (unpaired) electrons. The summed E-state index contributed by atoms with van der Waals surface area (Å²) in [5, 5.41) is 13.0. The van der Waals surface area contributed by atoms with Crippen molar-refractivity contribution in [1.82, 2.24) is 5.32 Å². The number of nitriles is 1. The molecule has 1 aromatic heterocycles. The molecular weight excluding hydrogens is 387 g/mol. The third-order valence-corrected chi connectivity index (χ3v) is 4.63. The Balaban J connectivity index is 2.31. The molecule has 2 aromatic rings. The largest absolute Gasteiger partial charge is 0.466 e. The van der Waals surface area contributed by atoms with E-state index in [1.807, 2.05) is 0 Å². The zero-order valence-corrected chi connectivity index (χ0v) is 15.8. The van der Waals surface area contributed by atoms with Gasteiger partial charge in [0.1, 0.15) is 5.82 Å². The maximum atomic E-state index is 13.6. The fourth-order valence-corrected chi connectivity index (χ4v) is 3.42. The summed E-state index contributed by atoms with van der Waals surface area (Å²) >= 11 is 6.27.